The number of carbonyl (C=O) groups is 3. The van der Waals surface area contributed by atoms with Crippen LogP contribution in [0.1, 0.15) is 60.1 Å². The number of nitrogens with one attached hydrogen (secondary N) is 2. The number of anilines is 2. The number of nitrogens with two attached hydrogens (primary N) is 4. The molecule has 0 aliphatic carbocycles. The highest BCUT2D eigenvalue weighted by Gasteiger charge is 2.19. The molecule has 0 saturated heterocycles. The van der Waals surface area contributed by atoms with Crippen LogP contribution in [0.5, 0.6) is 0 Å². The molecule has 1 atom stereocenters. The van der Waals surface area contributed by atoms with Crippen molar-refractivity contribution in [2.24, 2.45) is 16.5 Å². The predicted octanol–water partition coefficient (Wildman–Crippen LogP) is 2.66. The summed E-state index contributed by atoms with van der Waals surface area (Å²) in [6, 6.07) is 15.4. The third kappa shape index (κ3) is 11.4. The van der Waals surface area contributed by atoms with Crippen LogP contribution in [0, 0.1) is 0 Å². The van der Waals surface area contributed by atoms with Crippen molar-refractivity contribution in [2.75, 3.05) is 24.6 Å². The van der Waals surface area contributed by atoms with Gasteiger partial charge in [0.1, 0.15) is 6.04 Å². The van der Waals surface area contributed by atoms with Crippen molar-refractivity contribution in [3.05, 3.63) is 70.5 Å². The molecule has 240 valence electrons. The van der Waals surface area contributed by atoms with Gasteiger partial charge >= 0.3 is 5.97 Å². The summed E-state index contributed by atoms with van der Waals surface area (Å²) < 4.78 is 0. The molecule has 1 heterocycles. The third-order valence-electron chi connectivity index (χ3n) is 6.98. The fourth-order valence-corrected chi connectivity index (χ4v) is 4.59. The second-order valence-electron chi connectivity index (χ2n) is 10.4. The normalized spacial score (nSPS) is 12.0. The first-order valence-electron chi connectivity index (χ1n) is 14.7. The zero-order valence-corrected chi connectivity index (χ0v) is 25.7. The molecule has 0 unspecified atom stereocenters. The standard InChI is InChI=1S/C31H40ClN9O4/c32-26-28(35)40-27(34)25(39-26)29(43)41-31(36)37-18-4-2-5-19-7-12-21(13-8-19)22-14-9-20(10-15-22)11-16-24(42)38-23(30(44)45)6-1-3-17-33/h7-10,12-15,23H,1-6,11,16-18,33H2,(H,38,42)(H,44,45)(H4,34,35,40)(H3,36,37,41,43)/t23-/m0/s1. The summed E-state index contributed by atoms with van der Waals surface area (Å²) in [5.74, 6) is -2.28. The van der Waals surface area contributed by atoms with Gasteiger partial charge in [0, 0.05) is 13.0 Å². The number of aliphatic carboxylic acids is 1. The number of nitrogens with zero attached hydrogens (tertiary/aromatic N) is 3. The molecule has 0 spiro atoms. The van der Waals surface area contributed by atoms with Crippen molar-refractivity contribution in [1.29, 1.82) is 0 Å². The SMILES string of the molecule is NCCCC[C@H](NC(=O)CCc1ccc(-c2ccc(CCCCN=C(N)NC(=O)c3nc(Cl)c(N)nc3N)cc2)cc1)C(=O)O. The number of nitrogen functional groups attached to an aromatic ring is 2. The minimum Gasteiger partial charge on any atom is -0.480 e. The predicted molar refractivity (Wildman–Crippen MR) is 175 cm³/mol. The molecule has 13 nitrogen and oxygen atoms in total. The smallest absolute Gasteiger partial charge is 0.326 e. The number of amides is 2. The molecule has 11 N–H and O–H groups in total. The first-order valence-corrected chi connectivity index (χ1v) is 15.1. The molecular formula is C31H40ClN9O4. The highest BCUT2D eigenvalue weighted by atomic mass is 35.5. The molecule has 0 bridgehead atoms. The van der Waals surface area contributed by atoms with E-state index in [2.05, 4.69) is 49.9 Å². The fraction of sp³-hybridized carbons (Fsp3) is 0.355. The number of hydrogen-bond donors (Lipinski definition) is 7. The van der Waals surface area contributed by atoms with E-state index in [9.17, 15) is 19.5 Å². The first kappa shape index (κ1) is 34.7. The van der Waals surface area contributed by atoms with Crippen LogP contribution in [0.4, 0.5) is 11.6 Å². The molecule has 0 aliphatic heterocycles. The molecule has 2 aromatic carbocycles. The summed E-state index contributed by atoms with van der Waals surface area (Å²) in [5.41, 5.74) is 26.6. The lowest BCUT2D eigenvalue weighted by Gasteiger charge is -2.14. The Bertz CT molecular complexity index is 1480. The number of halogens is 1. The van der Waals surface area contributed by atoms with Crippen LogP contribution >= 0.6 is 11.6 Å². The molecule has 2 amide bonds. The van der Waals surface area contributed by atoms with E-state index in [1.54, 1.807) is 0 Å². The van der Waals surface area contributed by atoms with Gasteiger partial charge in [0.2, 0.25) is 5.91 Å². The van der Waals surface area contributed by atoms with Crippen LogP contribution in [-0.2, 0) is 22.4 Å². The topological polar surface area (TPSA) is 238 Å². The lowest BCUT2D eigenvalue weighted by atomic mass is 9.99. The number of aliphatic imine (C=N–C) groups is 1. The highest BCUT2D eigenvalue weighted by molar-refractivity contribution is 6.31. The lowest BCUT2D eigenvalue weighted by Crippen LogP contribution is -2.40. The summed E-state index contributed by atoms with van der Waals surface area (Å²) in [6.07, 6.45) is 4.97. The van der Waals surface area contributed by atoms with Crippen molar-refractivity contribution in [1.82, 2.24) is 20.6 Å². The van der Waals surface area contributed by atoms with E-state index in [4.69, 9.17) is 34.5 Å². The molecule has 45 heavy (non-hydrogen) atoms. The van der Waals surface area contributed by atoms with Crippen molar-refractivity contribution in [2.45, 2.75) is 57.4 Å². The minimum atomic E-state index is -1.03. The van der Waals surface area contributed by atoms with Gasteiger partial charge in [-0.15, -0.1) is 0 Å². The number of rotatable bonds is 16. The van der Waals surface area contributed by atoms with Gasteiger partial charge in [-0.3, -0.25) is 19.9 Å². The van der Waals surface area contributed by atoms with Gasteiger partial charge in [-0.05, 0) is 73.7 Å². The molecule has 0 aliphatic rings. The van der Waals surface area contributed by atoms with E-state index in [-0.39, 0.29) is 40.8 Å². The number of carbonyl (C=O) groups excluding carboxylic acids is 2. The minimum absolute atomic E-state index is 0.0614. The quantitative estimate of drug-likeness (QED) is 0.0688. The van der Waals surface area contributed by atoms with E-state index in [0.29, 0.717) is 32.4 Å². The molecule has 3 rings (SSSR count). The summed E-state index contributed by atoms with van der Waals surface area (Å²) in [4.78, 5) is 47.8. The van der Waals surface area contributed by atoms with Crippen molar-refractivity contribution in [3.63, 3.8) is 0 Å². The monoisotopic (exact) mass is 637 g/mol. The van der Waals surface area contributed by atoms with Gasteiger partial charge in [-0.2, -0.15) is 0 Å². The number of carboxylic acid groups (broad SMARTS) is 1. The molecule has 14 heteroatoms. The maximum Gasteiger partial charge on any atom is 0.326 e. The Balaban J connectivity index is 1.39. The lowest BCUT2D eigenvalue weighted by molar-refractivity contribution is -0.142. The van der Waals surface area contributed by atoms with E-state index < -0.39 is 17.9 Å². The fourth-order valence-electron chi connectivity index (χ4n) is 4.47. The van der Waals surface area contributed by atoms with E-state index in [1.165, 1.54) is 5.56 Å². The average molecular weight is 638 g/mol. The van der Waals surface area contributed by atoms with Crippen LogP contribution < -0.4 is 33.6 Å². The molecule has 3 aromatic rings. The summed E-state index contributed by atoms with van der Waals surface area (Å²) in [5, 5.41) is 14.2. The van der Waals surface area contributed by atoms with Gasteiger partial charge in [-0.1, -0.05) is 60.1 Å². The second kappa shape index (κ2) is 17.5. The third-order valence-corrected chi connectivity index (χ3v) is 7.26. The van der Waals surface area contributed by atoms with Crippen LogP contribution in [0.25, 0.3) is 11.1 Å². The first-order chi connectivity index (χ1) is 21.6. The van der Waals surface area contributed by atoms with Crippen LogP contribution in [0.15, 0.2) is 53.5 Å². The Morgan fingerprint density at radius 1 is 0.867 bits per heavy atom. The summed E-state index contributed by atoms with van der Waals surface area (Å²) >= 11 is 5.81. The number of aromatic nitrogens is 2. The number of carboxylic acids is 1. The maximum atomic E-state index is 12.3. The van der Waals surface area contributed by atoms with E-state index in [0.717, 1.165) is 42.4 Å². The van der Waals surface area contributed by atoms with Crippen LogP contribution in [-0.4, -0.2) is 57.9 Å². The molecule has 0 saturated carbocycles. The Morgan fingerprint density at radius 2 is 1.49 bits per heavy atom. The van der Waals surface area contributed by atoms with Gasteiger partial charge < -0.3 is 33.4 Å². The number of aryl methyl sites for hydroxylation is 2. The summed E-state index contributed by atoms with van der Waals surface area (Å²) in [6.45, 7) is 0.924. The number of guanidine groups is 1. The zero-order valence-electron chi connectivity index (χ0n) is 25.0. The van der Waals surface area contributed by atoms with Gasteiger partial charge in [0.25, 0.3) is 5.91 Å². The number of unbranched alkanes of at least 4 members (excludes halogenated alkanes) is 2. The van der Waals surface area contributed by atoms with Crippen molar-refractivity contribution in [3.8, 4) is 11.1 Å². The molecule has 1 aromatic heterocycles. The van der Waals surface area contributed by atoms with Gasteiger partial charge in [0.05, 0.1) is 0 Å². The highest BCUT2D eigenvalue weighted by Crippen LogP contribution is 2.22. The summed E-state index contributed by atoms with van der Waals surface area (Å²) in [7, 11) is 0. The largest absolute Gasteiger partial charge is 0.480 e. The maximum absolute atomic E-state index is 12.3. The van der Waals surface area contributed by atoms with E-state index >= 15 is 0 Å². The Hall–Kier alpha value is -4.75. The number of benzene rings is 2. The van der Waals surface area contributed by atoms with Crippen molar-refractivity contribution >= 4 is 47.0 Å². The molecule has 0 radical (unpaired) electrons. The van der Waals surface area contributed by atoms with E-state index in [1.807, 2.05) is 24.3 Å². The Morgan fingerprint density at radius 3 is 2.09 bits per heavy atom. The molecular weight excluding hydrogens is 598 g/mol. The second-order valence-corrected chi connectivity index (χ2v) is 10.8. The van der Waals surface area contributed by atoms with Gasteiger partial charge in [-0.25, -0.2) is 14.8 Å². The van der Waals surface area contributed by atoms with Crippen molar-refractivity contribution < 1.29 is 19.5 Å². The van der Waals surface area contributed by atoms with Crippen LogP contribution in [0.3, 0.4) is 0 Å². The number of hydrogen-bond acceptors (Lipinski definition) is 9. The molecule has 0 fully saturated rings. The van der Waals surface area contributed by atoms with Gasteiger partial charge in [0.15, 0.2) is 28.4 Å². The Labute approximate surface area is 266 Å². The zero-order chi connectivity index (χ0) is 32.8. The Kier molecular flexibility index (Phi) is 13.5. The van der Waals surface area contributed by atoms with Crippen LogP contribution in [0.2, 0.25) is 5.15 Å². The average Bonchev–Trinajstić information content (AvgIpc) is 3.01.